The normalized spacial score (nSPS) is 22.8. The largest absolute Gasteiger partial charge is 0.298 e. The number of sulfone groups is 1. The van der Waals surface area contributed by atoms with Crippen LogP contribution < -0.4 is 0 Å². The van der Waals surface area contributed by atoms with E-state index in [0.717, 1.165) is 37.8 Å². The minimum atomic E-state index is -3.21. The molecule has 1 aliphatic heterocycles. The molecule has 0 aromatic heterocycles. The molecule has 1 aromatic carbocycles. The van der Waals surface area contributed by atoms with Crippen LogP contribution in [0.4, 0.5) is 0 Å². The molecule has 5 heteroatoms. The highest BCUT2D eigenvalue weighted by atomic mass is 32.2. The van der Waals surface area contributed by atoms with Gasteiger partial charge in [0.1, 0.15) is 0 Å². The van der Waals surface area contributed by atoms with Gasteiger partial charge < -0.3 is 0 Å². The van der Waals surface area contributed by atoms with Gasteiger partial charge in [0.15, 0.2) is 9.84 Å². The van der Waals surface area contributed by atoms with Gasteiger partial charge in [-0.15, -0.1) is 0 Å². The van der Waals surface area contributed by atoms with E-state index < -0.39 is 9.84 Å². The van der Waals surface area contributed by atoms with Gasteiger partial charge in [0.2, 0.25) is 0 Å². The molecule has 2 aliphatic rings. The summed E-state index contributed by atoms with van der Waals surface area (Å²) in [6, 6.07) is 8.06. The molecule has 1 atom stereocenters. The summed E-state index contributed by atoms with van der Waals surface area (Å²) in [6.45, 7) is 8.17. The average Bonchev–Trinajstić information content (AvgIpc) is 2.62. The number of benzene rings is 1. The summed E-state index contributed by atoms with van der Waals surface area (Å²) >= 11 is 0. The predicted molar refractivity (Wildman–Crippen MR) is 103 cm³/mol. The summed E-state index contributed by atoms with van der Waals surface area (Å²) in [7, 11) is -3.21. The molecule has 4 nitrogen and oxygen atoms in total. The molecule has 3 rings (SSSR count). The highest BCUT2D eigenvalue weighted by molar-refractivity contribution is 7.91. The number of aryl methyl sites for hydroxylation is 1. The molecule has 1 aromatic rings. The zero-order valence-corrected chi connectivity index (χ0v) is 16.5. The van der Waals surface area contributed by atoms with E-state index >= 15 is 0 Å². The minimum Gasteiger partial charge on any atom is -0.298 e. The maximum Gasteiger partial charge on any atom is 0.179 e. The molecule has 0 amide bonds. The van der Waals surface area contributed by atoms with Crippen molar-refractivity contribution in [2.45, 2.75) is 62.9 Å². The van der Waals surface area contributed by atoms with Crippen LogP contribution >= 0.6 is 0 Å². The molecule has 1 saturated heterocycles. The Labute approximate surface area is 153 Å². The lowest BCUT2D eigenvalue weighted by atomic mass is 9.94. The molecule has 0 unspecified atom stereocenters. The van der Waals surface area contributed by atoms with Crippen molar-refractivity contribution in [2.24, 2.45) is 0 Å². The van der Waals surface area contributed by atoms with Gasteiger partial charge in [0.05, 0.1) is 10.6 Å². The number of piperazine rings is 1. The molecule has 0 bridgehead atoms. The van der Waals surface area contributed by atoms with Crippen molar-refractivity contribution in [1.82, 2.24) is 9.80 Å². The van der Waals surface area contributed by atoms with E-state index in [0.29, 0.717) is 4.90 Å². The van der Waals surface area contributed by atoms with Gasteiger partial charge in [0.25, 0.3) is 0 Å². The van der Waals surface area contributed by atoms with Gasteiger partial charge in [-0.2, -0.15) is 0 Å². The van der Waals surface area contributed by atoms with Crippen LogP contribution in [0.5, 0.6) is 0 Å². The molecule has 140 valence electrons. The number of nitrogens with zero attached hydrogens (tertiary/aromatic N) is 2. The first-order valence-electron chi connectivity index (χ1n) is 9.73. The van der Waals surface area contributed by atoms with Crippen molar-refractivity contribution in [3.8, 4) is 0 Å². The van der Waals surface area contributed by atoms with Crippen molar-refractivity contribution in [3.05, 3.63) is 29.8 Å². The first kappa shape index (κ1) is 18.9. The Morgan fingerprint density at radius 1 is 1.00 bits per heavy atom. The van der Waals surface area contributed by atoms with Crippen molar-refractivity contribution >= 4 is 9.84 Å². The second kappa shape index (κ2) is 8.19. The van der Waals surface area contributed by atoms with Crippen molar-refractivity contribution in [1.29, 1.82) is 0 Å². The third kappa shape index (κ3) is 4.83. The molecular weight excluding hydrogens is 332 g/mol. The van der Waals surface area contributed by atoms with E-state index in [1.54, 1.807) is 12.1 Å². The first-order chi connectivity index (χ1) is 12.0. The van der Waals surface area contributed by atoms with Gasteiger partial charge >= 0.3 is 0 Å². The maximum absolute atomic E-state index is 12.7. The van der Waals surface area contributed by atoms with Gasteiger partial charge in [-0.25, -0.2) is 8.42 Å². The Balaban J connectivity index is 1.53. The van der Waals surface area contributed by atoms with Crippen LogP contribution in [0.1, 0.15) is 44.6 Å². The van der Waals surface area contributed by atoms with Crippen molar-refractivity contribution < 1.29 is 8.42 Å². The summed E-state index contributed by atoms with van der Waals surface area (Å²) in [6.07, 6.45) is 6.82. The lowest BCUT2D eigenvalue weighted by molar-refractivity contribution is 0.0649. The van der Waals surface area contributed by atoms with E-state index in [1.165, 1.54) is 32.1 Å². The Hall–Kier alpha value is -0.910. The number of rotatable bonds is 5. The SMILES string of the molecule is Cc1ccc(S(=O)(=O)C[C@@H](C)N2CCN(C3CCCCC3)CC2)cc1. The van der Waals surface area contributed by atoms with Crippen LogP contribution in [-0.4, -0.2) is 62.2 Å². The van der Waals surface area contributed by atoms with E-state index in [9.17, 15) is 8.42 Å². The van der Waals surface area contributed by atoms with E-state index in [2.05, 4.69) is 16.7 Å². The number of hydrogen-bond donors (Lipinski definition) is 0. The molecule has 25 heavy (non-hydrogen) atoms. The van der Waals surface area contributed by atoms with E-state index in [-0.39, 0.29) is 11.8 Å². The topological polar surface area (TPSA) is 40.6 Å². The van der Waals surface area contributed by atoms with Crippen LogP contribution in [0.2, 0.25) is 0 Å². The van der Waals surface area contributed by atoms with Crippen LogP contribution in [0.3, 0.4) is 0 Å². The highest BCUT2D eigenvalue weighted by Gasteiger charge is 2.29. The summed E-state index contributed by atoms with van der Waals surface area (Å²) in [4.78, 5) is 5.44. The fourth-order valence-corrected chi connectivity index (χ4v) is 5.84. The standard InChI is InChI=1S/C20H32N2O2S/c1-17-8-10-20(11-9-17)25(23,24)16-18(2)21-12-14-22(15-13-21)19-6-4-3-5-7-19/h8-11,18-19H,3-7,12-16H2,1-2H3/t18-/m1/s1. The van der Waals surface area contributed by atoms with Gasteiger partial charge in [-0.05, 0) is 38.8 Å². The quantitative estimate of drug-likeness (QED) is 0.805. The smallest absolute Gasteiger partial charge is 0.179 e. The minimum absolute atomic E-state index is 0.0693. The molecule has 0 N–H and O–H groups in total. The molecule has 1 heterocycles. The third-order valence-electron chi connectivity index (χ3n) is 5.90. The Morgan fingerprint density at radius 2 is 1.60 bits per heavy atom. The van der Waals surface area contributed by atoms with Crippen molar-refractivity contribution in [3.63, 3.8) is 0 Å². The molecule has 0 spiro atoms. The van der Waals surface area contributed by atoms with Gasteiger partial charge in [-0.1, -0.05) is 37.0 Å². The lowest BCUT2D eigenvalue weighted by Crippen LogP contribution is -2.54. The third-order valence-corrected chi connectivity index (χ3v) is 7.82. The molecule has 1 aliphatic carbocycles. The predicted octanol–water partition coefficient (Wildman–Crippen LogP) is 3.11. The van der Waals surface area contributed by atoms with Crippen LogP contribution in [0.25, 0.3) is 0 Å². The van der Waals surface area contributed by atoms with E-state index in [1.807, 2.05) is 19.1 Å². The summed E-state index contributed by atoms with van der Waals surface area (Å²) in [5, 5.41) is 0. The van der Waals surface area contributed by atoms with E-state index in [4.69, 9.17) is 0 Å². The Morgan fingerprint density at radius 3 is 2.20 bits per heavy atom. The van der Waals surface area contributed by atoms with Gasteiger partial charge in [-0.3, -0.25) is 9.80 Å². The summed E-state index contributed by atoms with van der Waals surface area (Å²) < 4.78 is 25.3. The maximum atomic E-state index is 12.7. The second-order valence-corrected chi connectivity index (χ2v) is 9.84. The monoisotopic (exact) mass is 364 g/mol. The molecular formula is C20H32N2O2S. The zero-order chi connectivity index (χ0) is 17.9. The van der Waals surface area contributed by atoms with Crippen LogP contribution in [-0.2, 0) is 9.84 Å². The fraction of sp³-hybridized carbons (Fsp3) is 0.700. The Kier molecular flexibility index (Phi) is 6.18. The summed E-state index contributed by atoms with van der Waals surface area (Å²) in [5.41, 5.74) is 1.09. The highest BCUT2D eigenvalue weighted by Crippen LogP contribution is 2.24. The molecule has 2 fully saturated rings. The average molecular weight is 365 g/mol. The Bertz CT molecular complexity index is 643. The summed E-state index contributed by atoms with van der Waals surface area (Å²) in [5.74, 6) is 0.208. The van der Waals surface area contributed by atoms with Crippen LogP contribution in [0, 0.1) is 6.92 Å². The van der Waals surface area contributed by atoms with Crippen LogP contribution in [0.15, 0.2) is 29.2 Å². The molecule has 1 saturated carbocycles. The number of hydrogen-bond acceptors (Lipinski definition) is 4. The second-order valence-electron chi connectivity index (χ2n) is 7.81. The zero-order valence-electron chi connectivity index (χ0n) is 15.7. The fourth-order valence-electron chi connectivity index (χ4n) is 4.25. The first-order valence-corrected chi connectivity index (χ1v) is 11.4. The molecule has 0 radical (unpaired) electrons. The lowest BCUT2D eigenvalue weighted by Gasteiger charge is -2.42. The van der Waals surface area contributed by atoms with Gasteiger partial charge in [0, 0.05) is 38.3 Å². The van der Waals surface area contributed by atoms with Crippen molar-refractivity contribution in [2.75, 3.05) is 31.9 Å².